The molecule has 0 amide bonds. The minimum Gasteiger partial charge on any atom is -0.316 e. The van der Waals surface area contributed by atoms with Crippen molar-refractivity contribution in [2.45, 2.75) is 45.7 Å². The van der Waals surface area contributed by atoms with Gasteiger partial charge in [0.25, 0.3) is 0 Å². The summed E-state index contributed by atoms with van der Waals surface area (Å²) in [4.78, 5) is 0. The van der Waals surface area contributed by atoms with Crippen LogP contribution in [-0.4, -0.2) is 16.8 Å². The van der Waals surface area contributed by atoms with Gasteiger partial charge in [-0.3, -0.25) is 4.68 Å². The van der Waals surface area contributed by atoms with Gasteiger partial charge >= 0.3 is 0 Å². The molecule has 1 N–H and O–H groups in total. The summed E-state index contributed by atoms with van der Waals surface area (Å²) in [6.45, 7) is 7.81. The number of unbranched alkanes of at least 4 members (excludes halogenated alkanes) is 3. The highest BCUT2D eigenvalue weighted by molar-refractivity contribution is 5.15. The smallest absolute Gasteiger partial charge is 0.0537 e. The Bertz CT molecular complexity index is 315. The highest BCUT2D eigenvalue weighted by atomic mass is 15.3. The molecule has 0 aromatic carbocycles. The van der Waals surface area contributed by atoms with Gasteiger partial charge in [0.15, 0.2) is 0 Å². The summed E-state index contributed by atoms with van der Waals surface area (Å²) in [5.41, 5.74) is 2.59. The number of rotatable bonds is 8. The van der Waals surface area contributed by atoms with E-state index in [1.807, 2.05) is 19.3 Å². The van der Waals surface area contributed by atoms with Crippen molar-refractivity contribution in [3.63, 3.8) is 0 Å². The molecule has 0 unspecified atom stereocenters. The predicted molar refractivity (Wildman–Crippen MR) is 68.4 cm³/mol. The molecule has 0 atom stereocenters. The summed E-state index contributed by atoms with van der Waals surface area (Å²) in [7, 11) is 1.96. The summed E-state index contributed by atoms with van der Waals surface area (Å²) in [6.07, 6.45) is 8.79. The van der Waals surface area contributed by atoms with Crippen molar-refractivity contribution in [1.29, 1.82) is 0 Å². The predicted octanol–water partition coefficient (Wildman–Crippen LogP) is 2.66. The monoisotopic (exact) mass is 221 g/mol. The van der Waals surface area contributed by atoms with Gasteiger partial charge in [0, 0.05) is 24.3 Å². The third-order valence-corrected chi connectivity index (χ3v) is 2.85. The zero-order valence-corrected chi connectivity index (χ0v) is 10.5. The van der Waals surface area contributed by atoms with Gasteiger partial charge in [-0.25, -0.2) is 0 Å². The van der Waals surface area contributed by atoms with Crippen LogP contribution in [0, 0.1) is 6.92 Å². The van der Waals surface area contributed by atoms with Crippen LogP contribution in [0.4, 0.5) is 0 Å². The third kappa shape index (κ3) is 3.81. The fraction of sp³-hybridized carbons (Fsp3) is 0.615. The number of allylic oxidation sites excluding steroid dienone is 1. The number of hydrogen-bond donors (Lipinski definition) is 1. The molecule has 90 valence electrons. The molecule has 0 fully saturated rings. The standard InChI is InChI=1S/C13H23N3/c1-4-5-6-7-8-9-16-12(2)13(10-14-3)11-15-16/h4,11,14H,1,5-10H2,2-3H3. The number of aryl methyl sites for hydroxylation is 1. The molecule has 0 bridgehead atoms. The largest absolute Gasteiger partial charge is 0.316 e. The van der Waals surface area contributed by atoms with Gasteiger partial charge < -0.3 is 5.32 Å². The average molecular weight is 221 g/mol. The molecule has 1 rings (SSSR count). The second-order valence-corrected chi connectivity index (χ2v) is 4.15. The van der Waals surface area contributed by atoms with Crippen LogP contribution in [0.25, 0.3) is 0 Å². The SMILES string of the molecule is C=CCCCCCn1ncc(CNC)c1C. The van der Waals surface area contributed by atoms with Crippen LogP contribution < -0.4 is 5.32 Å². The molecule has 0 aliphatic heterocycles. The molecule has 0 radical (unpaired) electrons. The summed E-state index contributed by atoms with van der Waals surface area (Å²) in [5.74, 6) is 0. The van der Waals surface area contributed by atoms with Crippen molar-refractivity contribution < 1.29 is 0 Å². The molecule has 1 heterocycles. The molecular weight excluding hydrogens is 198 g/mol. The number of nitrogens with one attached hydrogen (secondary N) is 1. The third-order valence-electron chi connectivity index (χ3n) is 2.85. The van der Waals surface area contributed by atoms with Gasteiger partial charge in [0.1, 0.15) is 0 Å². The molecule has 1 aromatic heterocycles. The molecule has 0 aliphatic rings. The topological polar surface area (TPSA) is 29.9 Å². The lowest BCUT2D eigenvalue weighted by Crippen LogP contribution is -2.07. The fourth-order valence-electron chi connectivity index (χ4n) is 1.80. The van der Waals surface area contributed by atoms with Crippen LogP contribution in [0.1, 0.15) is 36.9 Å². The fourth-order valence-corrected chi connectivity index (χ4v) is 1.80. The Morgan fingerprint density at radius 3 is 2.94 bits per heavy atom. The zero-order valence-electron chi connectivity index (χ0n) is 10.5. The minimum atomic E-state index is 0.905. The Morgan fingerprint density at radius 2 is 2.25 bits per heavy atom. The van der Waals surface area contributed by atoms with Crippen molar-refractivity contribution in [2.75, 3.05) is 7.05 Å². The first-order chi connectivity index (χ1) is 7.79. The molecule has 1 aromatic rings. The van der Waals surface area contributed by atoms with Gasteiger partial charge in [0.2, 0.25) is 0 Å². The van der Waals surface area contributed by atoms with Gasteiger partial charge in [-0.05, 0) is 33.2 Å². The summed E-state index contributed by atoms with van der Waals surface area (Å²) >= 11 is 0. The molecule has 3 nitrogen and oxygen atoms in total. The van der Waals surface area contributed by atoms with Crippen LogP contribution in [0.15, 0.2) is 18.9 Å². The molecule has 0 saturated carbocycles. The van der Waals surface area contributed by atoms with Crippen LogP contribution in [0.2, 0.25) is 0 Å². The second kappa shape index (κ2) is 7.23. The van der Waals surface area contributed by atoms with E-state index in [4.69, 9.17) is 0 Å². The first kappa shape index (κ1) is 13.0. The van der Waals surface area contributed by atoms with E-state index in [-0.39, 0.29) is 0 Å². The molecule has 3 heteroatoms. The molecule has 16 heavy (non-hydrogen) atoms. The lowest BCUT2D eigenvalue weighted by molar-refractivity contribution is 0.535. The van der Waals surface area contributed by atoms with E-state index in [2.05, 4.69) is 28.6 Å². The first-order valence-corrected chi connectivity index (χ1v) is 6.06. The molecule has 0 saturated heterocycles. The lowest BCUT2D eigenvalue weighted by Gasteiger charge is -2.05. The van der Waals surface area contributed by atoms with Crippen LogP contribution >= 0.6 is 0 Å². The van der Waals surface area contributed by atoms with E-state index < -0.39 is 0 Å². The minimum absolute atomic E-state index is 0.905. The number of nitrogens with zero attached hydrogens (tertiary/aromatic N) is 2. The van der Waals surface area contributed by atoms with Gasteiger partial charge in [0.05, 0.1) is 6.20 Å². The Labute approximate surface area is 98.5 Å². The van der Waals surface area contributed by atoms with Crippen molar-refractivity contribution in [1.82, 2.24) is 15.1 Å². The maximum Gasteiger partial charge on any atom is 0.0537 e. The number of hydrogen-bond acceptors (Lipinski definition) is 2. The zero-order chi connectivity index (χ0) is 11.8. The Kier molecular flexibility index (Phi) is 5.86. The second-order valence-electron chi connectivity index (χ2n) is 4.15. The quantitative estimate of drug-likeness (QED) is 0.540. The number of aromatic nitrogens is 2. The normalized spacial score (nSPS) is 10.6. The highest BCUT2D eigenvalue weighted by Gasteiger charge is 2.04. The van der Waals surface area contributed by atoms with Gasteiger partial charge in [-0.2, -0.15) is 5.10 Å². The summed E-state index contributed by atoms with van der Waals surface area (Å²) in [6, 6.07) is 0. The summed E-state index contributed by atoms with van der Waals surface area (Å²) < 4.78 is 2.11. The Morgan fingerprint density at radius 1 is 1.44 bits per heavy atom. The summed E-state index contributed by atoms with van der Waals surface area (Å²) in [5, 5.41) is 7.57. The van der Waals surface area contributed by atoms with Crippen molar-refractivity contribution in [2.24, 2.45) is 0 Å². The van der Waals surface area contributed by atoms with E-state index in [0.717, 1.165) is 19.5 Å². The maximum atomic E-state index is 4.41. The van der Waals surface area contributed by atoms with Crippen molar-refractivity contribution >= 4 is 0 Å². The molecular formula is C13H23N3. The van der Waals surface area contributed by atoms with Crippen LogP contribution in [0.3, 0.4) is 0 Å². The van der Waals surface area contributed by atoms with E-state index >= 15 is 0 Å². The van der Waals surface area contributed by atoms with Crippen LogP contribution in [0.5, 0.6) is 0 Å². The maximum absolute atomic E-state index is 4.41. The lowest BCUT2D eigenvalue weighted by atomic mass is 10.2. The highest BCUT2D eigenvalue weighted by Crippen LogP contribution is 2.09. The van der Waals surface area contributed by atoms with Crippen LogP contribution in [-0.2, 0) is 13.1 Å². The van der Waals surface area contributed by atoms with E-state index in [1.54, 1.807) is 0 Å². The molecule has 0 aliphatic carbocycles. The Balaban J connectivity index is 2.33. The van der Waals surface area contributed by atoms with Gasteiger partial charge in [-0.1, -0.05) is 12.5 Å². The first-order valence-electron chi connectivity index (χ1n) is 6.06. The van der Waals surface area contributed by atoms with Gasteiger partial charge in [-0.15, -0.1) is 6.58 Å². The van der Waals surface area contributed by atoms with E-state index in [9.17, 15) is 0 Å². The average Bonchev–Trinajstić information content (AvgIpc) is 2.62. The van der Waals surface area contributed by atoms with Crippen molar-refractivity contribution in [3.05, 3.63) is 30.1 Å². The van der Waals surface area contributed by atoms with Crippen molar-refractivity contribution in [3.8, 4) is 0 Å². The Hall–Kier alpha value is -1.09. The van der Waals surface area contributed by atoms with E-state index in [0.29, 0.717) is 0 Å². The van der Waals surface area contributed by atoms with E-state index in [1.165, 1.54) is 30.5 Å². The molecule has 0 spiro atoms.